The molecule has 1 aromatic carbocycles. The number of carbonyl (C=O) groups is 1. The molecule has 6 nitrogen and oxygen atoms in total. The van der Waals surface area contributed by atoms with Crippen molar-refractivity contribution in [2.45, 2.75) is 26.3 Å². The van der Waals surface area contributed by atoms with Gasteiger partial charge in [-0.3, -0.25) is 14.9 Å². The molecule has 0 aliphatic heterocycles. The molecule has 0 radical (unpaired) electrons. The summed E-state index contributed by atoms with van der Waals surface area (Å²) in [5.41, 5.74) is 6.19. The van der Waals surface area contributed by atoms with Gasteiger partial charge in [-0.2, -0.15) is 0 Å². The zero-order valence-corrected chi connectivity index (χ0v) is 11.1. The molecule has 104 valence electrons. The molecule has 0 spiro atoms. The second-order valence-electron chi connectivity index (χ2n) is 4.69. The minimum Gasteiger partial charge on any atom is -0.350 e. The maximum absolute atomic E-state index is 11.7. The number of non-ortho nitro benzene ring substituents is 1. The van der Waals surface area contributed by atoms with Crippen LogP contribution in [0.5, 0.6) is 0 Å². The van der Waals surface area contributed by atoms with Crippen molar-refractivity contribution in [2.24, 2.45) is 11.7 Å². The van der Waals surface area contributed by atoms with Gasteiger partial charge in [-0.15, -0.1) is 0 Å². The third kappa shape index (κ3) is 4.67. The van der Waals surface area contributed by atoms with E-state index in [1.807, 2.05) is 6.92 Å². The zero-order valence-electron chi connectivity index (χ0n) is 11.1. The Bertz CT molecular complexity index is 462. The van der Waals surface area contributed by atoms with Crippen molar-refractivity contribution in [3.05, 3.63) is 39.9 Å². The number of nitro benzene ring substituents is 1. The Hall–Kier alpha value is -1.95. The molecule has 2 atom stereocenters. The Morgan fingerprint density at radius 2 is 2.16 bits per heavy atom. The van der Waals surface area contributed by atoms with Crippen LogP contribution in [-0.4, -0.2) is 17.4 Å². The van der Waals surface area contributed by atoms with E-state index >= 15 is 0 Å². The molecule has 1 amide bonds. The molecule has 0 aliphatic carbocycles. The largest absolute Gasteiger partial charge is 0.350 e. The van der Waals surface area contributed by atoms with Crippen LogP contribution in [0.1, 0.15) is 31.9 Å². The van der Waals surface area contributed by atoms with E-state index in [0.717, 1.165) is 0 Å². The lowest BCUT2D eigenvalue weighted by Crippen LogP contribution is -2.29. The van der Waals surface area contributed by atoms with Crippen LogP contribution in [0.15, 0.2) is 24.3 Å². The molecule has 6 heteroatoms. The number of nitrogens with one attached hydrogen (secondary N) is 1. The first-order chi connectivity index (χ1) is 8.93. The lowest BCUT2D eigenvalue weighted by molar-refractivity contribution is -0.384. The first-order valence-corrected chi connectivity index (χ1v) is 6.17. The van der Waals surface area contributed by atoms with Crippen molar-refractivity contribution in [1.82, 2.24) is 5.32 Å². The van der Waals surface area contributed by atoms with Crippen molar-refractivity contribution in [2.75, 3.05) is 6.54 Å². The fraction of sp³-hybridized carbons (Fsp3) is 0.462. The van der Waals surface area contributed by atoms with E-state index in [9.17, 15) is 14.9 Å². The van der Waals surface area contributed by atoms with Gasteiger partial charge in [0, 0.05) is 18.6 Å². The lowest BCUT2D eigenvalue weighted by Gasteiger charge is -2.15. The maximum Gasteiger partial charge on any atom is 0.269 e. The van der Waals surface area contributed by atoms with Crippen LogP contribution in [0.3, 0.4) is 0 Å². The van der Waals surface area contributed by atoms with Crippen molar-refractivity contribution >= 4 is 11.6 Å². The molecule has 19 heavy (non-hydrogen) atoms. The average Bonchev–Trinajstić information content (AvgIpc) is 2.38. The van der Waals surface area contributed by atoms with Gasteiger partial charge in [-0.05, 0) is 24.9 Å². The molecule has 0 saturated heterocycles. The first kappa shape index (κ1) is 15.1. The van der Waals surface area contributed by atoms with Gasteiger partial charge in [-0.1, -0.05) is 19.1 Å². The van der Waals surface area contributed by atoms with Gasteiger partial charge in [0.05, 0.1) is 11.0 Å². The van der Waals surface area contributed by atoms with Crippen LogP contribution < -0.4 is 11.1 Å². The minimum atomic E-state index is -0.450. The second-order valence-corrected chi connectivity index (χ2v) is 4.69. The summed E-state index contributed by atoms with van der Waals surface area (Å²) in [5, 5.41) is 13.5. The Morgan fingerprint density at radius 1 is 1.47 bits per heavy atom. The Morgan fingerprint density at radius 3 is 2.74 bits per heavy atom. The minimum absolute atomic E-state index is 0.0222. The highest BCUT2D eigenvalue weighted by molar-refractivity contribution is 5.76. The fourth-order valence-corrected chi connectivity index (χ4v) is 1.69. The van der Waals surface area contributed by atoms with Crippen LogP contribution in [0.25, 0.3) is 0 Å². The molecular weight excluding hydrogens is 246 g/mol. The van der Waals surface area contributed by atoms with Crippen LogP contribution in [0, 0.1) is 16.0 Å². The number of hydrogen-bond acceptors (Lipinski definition) is 4. The van der Waals surface area contributed by atoms with E-state index in [0.29, 0.717) is 18.5 Å². The molecule has 1 aromatic rings. The number of nitro groups is 1. The van der Waals surface area contributed by atoms with Crippen molar-refractivity contribution in [3.8, 4) is 0 Å². The van der Waals surface area contributed by atoms with Crippen molar-refractivity contribution in [1.29, 1.82) is 0 Å². The highest BCUT2D eigenvalue weighted by Crippen LogP contribution is 2.19. The predicted molar refractivity (Wildman–Crippen MR) is 72.5 cm³/mol. The zero-order chi connectivity index (χ0) is 14.4. The van der Waals surface area contributed by atoms with Gasteiger partial charge < -0.3 is 11.1 Å². The van der Waals surface area contributed by atoms with Crippen LogP contribution in [0.4, 0.5) is 5.69 Å². The van der Waals surface area contributed by atoms with Gasteiger partial charge in [0.25, 0.3) is 5.69 Å². The Balaban J connectivity index is 2.67. The highest BCUT2D eigenvalue weighted by atomic mass is 16.6. The molecule has 0 fully saturated rings. The number of amides is 1. The van der Waals surface area contributed by atoms with Crippen LogP contribution in [-0.2, 0) is 4.79 Å². The number of hydrogen-bond donors (Lipinski definition) is 2. The Kier molecular flexibility index (Phi) is 5.44. The summed E-state index contributed by atoms with van der Waals surface area (Å²) in [7, 11) is 0. The molecule has 2 unspecified atom stereocenters. The van der Waals surface area contributed by atoms with Crippen molar-refractivity contribution < 1.29 is 9.72 Å². The summed E-state index contributed by atoms with van der Waals surface area (Å²) in [6.45, 7) is 4.15. The summed E-state index contributed by atoms with van der Waals surface area (Å²) < 4.78 is 0. The van der Waals surface area contributed by atoms with E-state index in [2.05, 4.69) is 5.32 Å². The number of carbonyl (C=O) groups excluding carboxylic acids is 1. The molecular formula is C13H19N3O3. The second kappa shape index (κ2) is 6.84. The molecule has 1 rings (SSSR count). The van der Waals surface area contributed by atoms with Gasteiger partial charge in [-0.25, -0.2) is 0 Å². The molecule has 3 N–H and O–H groups in total. The summed E-state index contributed by atoms with van der Waals surface area (Å²) >= 11 is 0. The third-order valence-electron chi connectivity index (χ3n) is 2.89. The van der Waals surface area contributed by atoms with Crippen LogP contribution in [0.2, 0.25) is 0 Å². The lowest BCUT2D eigenvalue weighted by atomic mass is 10.1. The number of nitrogens with zero attached hydrogens (tertiary/aromatic N) is 1. The van der Waals surface area contributed by atoms with Gasteiger partial charge in [0.15, 0.2) is 0 Å². The van der Waals surface area contributed by atoms with E-state index < -0.39 is 4.92 Å². The number of rotatable bonds is 6. The molecule has 0 heterocycles. The smallest absolute Gasteiger partial charge is 0.269 e. The molecule has 0 saturated carbocycles. The van der Waals surface area contributed by atoms with Gasteiger partial charge in [0.1, 0.15) is 0 Å². The SMILES string of the molecule is CC(CN)CC(=O)NC(C)c1cccc([N+](=O)[O-])c1. The summed E-state index contributed by atoms with van der Waals surface area (Å²) in [4.78, 5) is 22.0. The standard InChI is InChI=1S/C13H19N3O3/c1-9(8-14)6-13(17)15-10(2)11-4-3-5-12(7-11)16(18)19/h3-5,7,9-10H,6,8,14H2,1-2H3,(H,15,17). The summed E-state index contributed by atoms with van der Waals surface area (Å²) in [5.74, 6) is 0.0225. The normalized spacial score (nSPS) is 13.6. The van der Waals surface area contributed by atoms with Gasteiger partial charge in [0.2, 0.25) is 5.91 Å². The highest BCUT2D eigenvalue weighted by Gasteiger charge is 2.14. The number of benzene rings is 1. The van der Waals surface area contributed by atoms with E-state index in [1.54, 1.807) is 19.1 Å². The maximum atomic E-state index is 11.7. The Labute approximate surface area is 112 Å². The first-order valence-electron chi connectivity index (χ1n) is 6.17. The fourth-order valence-electron chi connectivity index (χ4n) is 1.69. The van der Waals surface area contributed by atoms with E-state index in [1.165, 1.54) is 12.1 Å². The van der Waals surface area contributed by atoms with E-state index in [4.69, 9.17) is 5.73 Å². The topological polar surface area (TPSA) is 98.3 Å². The predicted octanol–water partition coefficient (Wildman–Crippen LogP) is 1.76. The number of nitrogens with two attached hydrogens (primary N) is 1. The van der Waals surface area contributed by atoms with E-state index in [-0.39, 0.29) is 23.6 Å². The summed E-state index contributed by atoms with van der Waals surface area (Å²) in [6, 6.07) is 5.99. The molecule has 0 aliphatic rings. The third-order valence-corrected chi connectivity index (χ3v) is 2.89. The molecule has 0 bridgehead atoms. The van der Waals surface area contributed by atoms with Crippen molar-refractivity contribution in [3.63, 3.8) is 0 Å². The average molecular weight is 265 g/mol. The monoisotopic (exact) mass is 265 g/mol. The summed E-state index contributed by atoms with van der Waals surface area (Å²) in [6.07, 6.45) is 0.357. The van der Waals surface area contributed by atoms with Gasteiger partial charge >= 0.3 is 0 Å². The quantitative estimate of drug-likeness (QED) is 0.604. The molecule has 0 aromatic heterocycles. The van der Waals surface area contributed by atoms with Crippen LogP contribution >= 0.6 is 0 Å².